The van der Waals surface area contributed by atoms with Crippen LogP contribution in [0.2, 0.25) is 10.0 Å². The number of halogens is 4. The van der Waals surface area contributed by atoms with E-state index >= 15 is 0 Å². The van der Waals surface area contributed by atoms with Crippen LogP contribution in [0.1, 0.15) is 36.4 Å². The molecule has 2 bridgehead atoms. The number of hydrogen-bond donors (Lipinski definition) is 2. The summed E-state index contributed by atoms with van der Waals surface area (Å²) in [5.41, 5.74) is 1.20. The first-order valence-electron chi connectivity index (χ1n) is 10.4. The monoisotopic (exact) mass is 485 g/mol. The molecule has 1 amide bonds. The largest absolute Gasteiger partial charge is 0.492 e. The summed E-state index contributed by atoms with van der Waals surface area (Å²) in [7, 11) is 1.61. The summed E-state index contributed by atoms with van der Waals surface area (Å²) in [6.07, 6.45) is 3.37. The highest BCUT2D eigenvalue weighted by molar-refractivity contribution is 6.42. The number of benzene rings is 1. The highest BCUT2D eigenvalue weighted by atomic mass is 35.5. The number of hydrogen-bond acceptors (Lipinski definition) is 5. The van der Waals surface area contributed by atoms with Crippen molar-refractivity contribution in [3.63, 3.8) is 0 Å². The van der Waals surface area contributed by atoms with E-state index in [1.54, 1.807) is 7.11 Å². The van der Waals surface area contributed by atoms with Gasteiger partial charge in [-0.1, -0.05) is 23.2 Å². The maximum atomic E-state index is 14.5. The molecule has 10 heteroatoms. The Hall–Kier alpha value is -2.00. The van der Waals surface area contributed by atoms with Crippen LogP contribution in [0, 0.1) is 17.7 Å². The lowest BCUT2D eigenvalue weighted by Crippen LogP contribution is -2.48. The van der Waals surface area contributed by atoms with Gasteiger partial charge in [-0.15, -0.1) is 0 Å². The predicted octanol–water partition coefficient (Wildman–Crippen LogP) is 4.69. The first-order valence-corrected chi connectivity index (χ1v) is 11.1. The summed E-state index contributed by atoms with van der Waals surface area (Å²) in [5, 5.41) is 6.31. The second-order valence-electron chi connectivity index (χ2n) is 8.02. The number of nitrogens with zero attached hydrogens (tertiary/aromatic N) is 1. The summed E-state index contributed by atoms with van der Waals surface area (Å²) in [4.78, 5) is 16.8. The van der Waals surface area contributed by atoms with Crippen LogP contribution in [0.3, 0.4) is 0 Å². The maximum absolute atomic E-state index is 14.5. The minimum absolute atomic E-state index is 0.0223. The van der Waals surface area contributed by atoms with Crippen molar-refractivity contribution in [2.75, 3.05) is 25.6 Å². The molecular formula is C22H23Cl2F2N3O3. The Morgan fingerprint density at radius 1 is 1.25 bits per heavy atom. The molecule has 2 aliphatic heterocycles. The van der Waals surface area contributed by atoms with Crippen molar-refractivity contribution in [3.8, 4) is 5.75 Å². The number of fused-ring (bicyclic) bond motifs is 4. The molecule has 1 saturated heterocycles. The van der Waals surface area contributed by atoms with Gasteiger partial charge in [-0.3, -0.25) is 4.79 Å². The molecule has 3 atom stereocenters. The van der Waals surface area contributed by atoms with Crippen molar-refractivity contribution in [2.24, 2.45) is 5.92 Å². The molecule has 1 fully saturated rings. The second-order valence-corrected chi connectivity index (χ2v) is 8.84. The quantitative estimate of drug-likeness (QED) is 0.338. The molecule has 3 heterocycles. The Balaban J connectivity index is 1.52. The highest BCUT2D eigenvalue weighted by Crippen LogP contribution is 2.42. The van der Waals surface area contributed by atoms with Gasteiger partial charge in [0.15, 0.2) is 0 Å². The molecule has 0 radical (unpaired) electrons. The van der Waals surface area contributed by atoms with Crippen LogP contribution in [0.15, 0.2) is 18.3 Å². The van der Waals surface area contributed by atoms with Crippen LogP contribution in [-0.2, 0) is 16.0 Å². The van der Waals surface area contributed by atoms with Gasteiger partial charge < -0.3 is 20.1 Å². The number of carbonyl (C=O) groups excluding carboxylic acids is 1. The van der Waals surface area contributed by atoms with E-state index in [1.807, 2.05) is 0 Å². The van der Waals surface area contributed by atoms with Gasteiger partial charge in [0.1, 0.15) is 11.6 Å². The number of methoxy groups -OCH3 is 1. The summed E-state index contributed by atoms with van der Waals surface area (Å²) in [5.74, 6) is -1.39. The minimum Gasteiger partial charge on any atom is -0.492 e. The Morgan fingerprint density at radius 3 is 2.81 bits per heavy atom. The van der Waals surface area contributed by atoms with Crippen LogP contribution in [0.25, 0.3) is 0 Å². The van der Waals surface area contributed by atoms with Gasteiger partial charge in [0.25, 0.3) is 0 Å². The van der Waals surface area contributed by atoms with Gasteiger partial charge in [0.05, 0.1) is 28.5 Å². The normalized spacial score (nSPS) is 21.7. The van der Waals surface area contributed by atoms with E-state index in [2.05, 4.69) is 15.6 Å². The molecule has 2 aliphatic rings. The van der Waals surface area contributed by atoms with Gasteiger partial charge >= 0.3 is 0 Å². The third-order valence-electron chi connectivity index (χ3n) is 5.85. The van der Waals surface area contributed by atoms with Crippen molar-refractivity contribution < 1.29 is 23.0 Å². The van der Waals surface area contributed by atoms with Crippen molar-refractivity contribution in [2.45, 2.75) is 37.8 Å². The highest BCUT2D eigenvalue weighted by Gasteiger charge is 2.40. The Morgan fingerprint density at radius 2 is 2.03 bits per heavy atom. The molecule has 0 aliphatic carbocycles. The topological polar surface area (TPSA) is 72.5 Å². The van der Waals surface area contributed by atoms with Crippen LogP contribution in [0.5, 0.6) is 5.75 Å². The lowest BCUT2D eigenvalue weighted by atomic mass is 9.77. The van der Waals surface area contributed by atoms with E-state index in [1.165, 1.54) is 12.3 Å². The van der Waals surface area contributed by atoms with Crippen LogP contribution >= 0.6 is 23.2 Å². The van der Waals surface area contributed by atoms with Gasteiger partial charge in [-0.25, -0.2) is 9.37 Å². The van der Waals surface area contributed by atoms with E-state index in [9.17, 15) is 13.6 Å². The predicted molar refractivity (Wildman–Crippen MR) is 117 cm³/mol. The maximum Gasteiger partial charge on any atom is 0.227 e. The zero-order valence-electron chi connectivity index (χ0n) is 17.4. The Kier molecular flexibility index (Phi) is 7.14. The molecule has 2 aromatic rings. The van der Waals surface area contributed by atoms with Gasteiger partial charge in [0.2, 0.25) is 11.9 Å². The molecule has 0 saturated carbocycles. The van der Waals surface area contributed by atoms with Gasteiger partial charge in [-0.2, -0.15) is 4.39 Å². The molecule has 2 N–H and O–H groups in total. The number of nitrogens with one attached hydrogen (secondary N) is 2. The zero-order valence-corrected chi connectivity index (χ0v) is 18.9. The average Bonchev–Trinajstić information content (AvgIpc) is 2.76. The Bertz CT molecular complexity index is 1020. The fourth-order valence-corrected chi connectivity index (χ4v) is 4.72. The Labute approximate surface area is 194 Å². The first kappa shape index (κ1) is 23.2. The first-order chi connectivity index (χ1) is 15.4. The van der Waals surface area contributed by atoms with Crippen LogP contribution in [-0.4, -0.2) is 37.3 Å². The molecule has 4 rings (SSSR count). The second kappa shape index (κ2) is 9.87. The standard InChI is InChI=1S/C22H23Cl2F2N3O3/c1-31-3-2-4-32-19-10-27-21(26)13-7-12-5-11(6-18(28-12)20(13)19)22(30)29-17-9-15(24)14(23)8-16(17)25/h8-12,18,28H,2-7H2,1H3,(H,29,30). The van der Waals surface area contributed by atoms with Crippen LogP contribution in [0.4, 0.5) is 14.5 Å². The molecular weight excluding hydrogens is 463 g/mol. The SMILES string of the molecule is COCCCOc1cnc(F)c2c1C1CC(C(=O)Nc3cc(Cl)c(Cl)cc3F)CC(C2)N1. The van der Waals surface area contributed by atoms with Gasteiger partial charge in [0, 0.05) is 49.3 Å². The van der Waals surface area contributed by atoms with E-state index < -0.39 is 17.7 Å². The summed E-state index contributed by atoms with van der Waals surface area (Å²) < 4.78 is 39.6. The van der Waals surface area contributed by atoms with E-state index in [4.69, 9.17) is 32.7 Å². The smallest absolute Gasteiger partial charge is 0.227 e. The van der Waals surface area contributed by atoms with Crippen LogP contribution < -0.4 is 15.4 Å². The third kappa shape index (κ3) is 4.83. The molecule has 0 spiro atoms. The number of ether oxygens (including phenoxy) is 2. The molecule has 3 unspecified atom stereocenters. The molecule has 172 valence electrons. The third-order valence-corrected chi connectivity index (χ3v) is 6.57. The number of piperidine rings is 1. The van der Waals surface area contributed by atoms with Crippen molar-refractivity contribution in [1.82, 2.24) is 10.3 Å². The lowest BCUT2D eigenvalue weighted by Gasteiger charge is -2.41. The van der Waals surface area contributed by atoms with E-state index in [0.717, 1.165) is 6.07 Å². The number of carbonyl (C=O) groups is 1. The number of amides is 1. The number of anilines is 1. The minimum atomic E-state index is -0.660. The van der Waals surface area contributed by atoms with Crippen molar-refractivity contribution >= 4 is 34.8 Å². The summed E-state index contributed by atoms with van der Waals surface area (Å²) in [6, 6.07) is 1.98. The number of pyridine rings is 1. The van der Waals surface area contributed by atoms with Gasteiger partial charge in [-0.05, 0) is 31.4 Å². The van der Waals surface area contributed by atoms with Crippen molar-refractivity contribution in [3.05, 3.63) is 51.3 Å². The summed E-state index contributed by atoms with van der Waals surface area (Å²) in [6.45, 7) is 0.957. The fraction of sp³-hybridized carbons (Fsp3) is 0.455. The molecule has 1 aromatic heterocycles. The molecule has 32 heavy (non-hydrogen) atoms. The number of rotatable bonds is 7. The molecule has 1 aromatic carbocycles. The zero-order chi connectivity index (χ0) is 22.8. The summed E-state index contributed by atoms with van der Waals surface area (Å²) >= 11 is 11.8. The van der Waals surface area contributed by atoms with Crippen molar-refractivity contribution in [1.29, 1.82) is 0 Å². The lowest BCUT2D eigenvalue weighted by molar-refractivity contribution is -0.121. The average molecular weight is 486 g/mol. The number of aromatic nitrogens is 1. The van der Waals surface area contributed by atoms with E-state index in [0.29, 0.717) is 55.8 Å². The molecule has 6 nitrogen and oxygen atoms in total. The van der Waals surface area contributed by atoms with E-state index in [-0.39, 0.29) is 33.7 Å². The fourth-order valence-electron chi connectivity index (χ4n) is 4.40.